The summed E-state index contributed by atoms with van der Waals surface area (Å²) in [6.07, 6.45) is 3.01. The van der Waals surface area contributed by atoms with Crippen LogP contribution >= 0.6 is 12.2 Å². The first-order valence-electron chi connectivity index (χ1n) is 7.37. The van der Waals surface area contributed by atoms with Crippen LogP contribution in [0.4, 0.5) is 0 Å². The summed E-state index contributed by atoms with van der Waals surface area (Å²) in [4.78, 5) is 23.9. The Bertz CT molecular complexity index is 791. The molecule has 6 nitrogen and oxygen atoms in total. The van der Waals surface area contributed by atoms with Gasteiger partial charge < -0.3 is 4.74 Å². The third kappa shape index (κ3) is 5.74. The summed E-state index contributed by atoms with van der Waals surface area (Å²) < 4.78 is 5.11. The minimum Gasteiger partial charge on any atom is -0.496 e. The van der Waals surface area contributed by atoms with Crippen LogP contribution in [0, 0.1) is 0 Å². The average molecular weight is 355 g/mol. The first-order valence-corrected chi connectivity index (χ1v) is 7.78. The van der Waals surface area contributed by atoms with Crippen molar-refractivity contribution < 1.29 is 14.3 Å². The molecule has 2 aromatic rings. The Labute approximate surface area is 150 Å². The van der Waals surface area contributed by atoms with Crippen LogP contribution in [-0.4, -0.2) is 24.0 Å². The molecule has 0 aliphatic rings. The SMILES string of the molecule is COc1ccccc1C(=O)NNC(=S)NC(=O)/C=C/c1ccccc1. The maximum absolute atomic E-state index is 12.1. The Morgan fingerprint density at radius 1 is 1.00 bits per heavy atom. The molecule has 0 spiro atoms. The van der Waals surface area contributed by atoms with Gasteiger partial charge in [-0.15, -0.1) is 0 Å². The van der Waals surface area contributed by atoms with Gasteiger partial charge in [-0.3, -0.25) is 25.8 Å². The van der Waals surface area contributed by atoms with Crippen molar-refractivity contribution >= 4 is 35.2 Å². The van der Waals surface area contributed by atoms with Gasteiger partial charge in [0, 0.05) is 6.08 Å². The quantitative estimate of drug-likeness (QED) is 0.444. The second-order valence-corrected chi connectivity index (χ2v) is 5.25. The zero-order valence-corrected chi connectivity index (χ0v) is 14.3. The number of para-hydroxylation sites is 1. The van der Waals surface area contributed by atoms with Crippen LogP contribution in [0.2, 0.25) is 0 Å². The molecule has 3 N–H and O–H groups in total. The molecule has 0 aliphatic carbocycles. The number of hydrazine groups is 1. The van der Waals surface area contributed by atoms with E-state index in [0.717, 1.165) is 5.56 Å². The molecule has 0 saturated carbocycles. The van der Waals surface area contributed by atoms with E-state index < -0.39 is 11.8 Å². The lowest BCUT2D eigenvalue weighted by atomic mass is 10.2. The fraction of sp³-hybridized carbons (Fsp3) is 0.0556. The third-order valence-corrected chi connectivity index (χ3v) is 3.31. The maximum atomic E-state index is 12.1. The van der Waals surface area contributed by atoms with E-state index in [1.54, 1.807) is 30.3 Å². The highest BCUT2D eigenvalue weighted by atomic mass is 32.1. The van der Waals surface area contributed by atoms with Gasteiger partial charge in [0.05, 0.1) is 12.7 Å². The summed E-state index contributed by atoms with van der Waals surface area (Å²) >= 11 is 4.97. The summed E-state index contributed by atoms with van der Waals surface area (Å²) in [7, 11) is 1.48. The molecule has 7 heteroatoms. The van der Waals surface area contributed by atoms with Crippen LogP contribution in [0.3, 0.4) is 0 Å². The Hall–Kier alpha value is -3.19. The van der Waals surface area contributed by atoms with Crippen LogP contribution in [0.1, 0.15) is 15.9 Å². The Kier molecular flexibility index (Phi) is 6.67. The Balaban J connectivity index is 1.83. The Morgan fingerprint density at radius 2 is 1.68 bits per heavy atom. The number of benzene rings is 2. The number of hydrogen-bond donors (Lipinski definition) is 3. The van der Waals surface area contributed by atoms with Gasteiger partial charge in [-0.05, 0) is 36.0 Å². The van der Waals surface area contributed by atoms with Gasteiger partial charge in [-0.25, -0.2) is 0 Å². The number of rotatable bonds is 4. The van der Waals surface area contributed by atoms with Gasteiger partial charge >= 0.3 is 0 Å². The van der Waals surface area contributed by atoms with Gasteiger partial charge in [-0.1, -0.05) is 42.5 Å². The van der Waals surface area contributed by atoms with Gasteiger partial charge in [0.2, 0.25) is 5.91 Å². The van der Waals surface area contributed by atoms with E-state index in [9.17, 15) is 9.59 Å². The number of amides is 2. The number of methoxy groups -OCH3 is 1. The fourth-order valence-corrected chi connectivity index (χ4v) is 2.09. The predicted octanol–water partition coefficient (Wildman–Crippen LogP) is 2.04. The minimum absolute atomic E-state index is 0.0223. The molecule has 0 heterocycles. The Morgan fingerprint density at radius 3 is 2.40 bits per heavy atom. The van der Waals surface area contributed by atoms with Crippen molar-refractivity contribution in [2.45, 2.75) is 0 Å². The van der Waals surface area contributed by atoms with Gasteiger partial charge in [-0.2, -0.15) is 0 Å². The second-order valence-electron chi connectivity index (χ2n) is 4.84. The molecule has 0 aromatic heterocycles. The normalized spacial score (nSPS) is 10.1. The van der Waals surface area contributed by atoms with E-state index in [1.165, 1.54) is 13.2 Å². The summed E-state index contributed by atoms with van der Waals surface area (Å²) in [6.45, 7) is 0. The van der Waals surface area contributed by atoms with Gasteiger partial charge in [0.15, 0.2) is 5.11 Å². The summed E-state index contributed by atoms with van der Waals surface area (Å²) in [6, 6.07) is 16.1. The summed E-state index contributed by atoms with van der Waals surface area (Å²) in [5.74, 6) is -0.413. The van der Waals surface area contributed by atoms with Crippen molar-refractivity contribution in [2.24, 2.45) is 0 Å². The van der Waals surface area contributed by atoms with E-state index in [1.807, 2.05) is 30.3 Å². The number of carbonyl (C=O) groups is 2. The fourth-order valence-electron chi connectivity index (χ4n) is 1.93. The predicted molar refractivity (Wildman–Crippen MR) is 99.8 cm³/mol. The molecule has 0 radical (unpaired) electrons. The van der Waals surface area contributed by atoms with E-state index in [2.05, 4.69) is 16.2 Å². The van der Waals surface area contributed by atoms with E-state index in [-0.39, 0.29) is 5.11 Å². The molecule has 0 bridgehead atoms. The smallest absolute Gasteiger partial charge is 0.273 e. The molecule has 0 fully saturated rings. The highest BCUT2D eigenvalue weighted by Gasteiger charge is 2.11. The van der Waals surface area contributed by atoms with Crippen LogP contribution in [0.15, 0.2) is 60.7 Å². The van der Waals surface area contributed by atoms with E-state index in [4.69, 9.17) is 17.0 Å². The molecule has 0 saturated heterocycles. The van der Waals surface area contributed by atoms with Crippen LogP contribution < -0.4 is 20.9 Å². The number of hydrogen-bond acceptors (Lipinski definition) is 4. The molecule has 2 rings (SSSR count). The molecule has 25 heavy (non-hydrogen) atoms. The van der Waals surface area contributed by atoms with Crippen LogP contribution in [0.5, 0.6) is 5.75 Å². The lowest BCUT2D eigenvalue weighted by Crippen LogP contribution is -2.48. The van der Waals surface area contributed by atoms with Crippen molar-refractivity contribution in [3.63, 3.8) is 0 Å². The lowest BCUT2D eigenvalue weighted by molar-refractivity contribution is -0.115. The lowest BCUT2D eigenvalue weighted by Gasteiger charge is -2.11. The molecule has 0 unspecified atom stereocenters. The molecule has 0 atom stereocenters. The monoisotopic (exact) mass is 355 g/mol. The molecule has 0 aliphatic heterocycles. The number of carbonyl (C=O) groups excluding carboxylic acids is 2. The van der Waals surface area contributed by atoms with E-state index >= 15 is 0 Å². The summed E-state index contributed by atoms with van der Waals surface area (Å²) in [5, 5.41) is 2.41. The minimum atomic E-state index is -0.436. The van der Waals surface area contributed by atoms with Crippen molar-refractivity contribution in [1.82, 2.24) is 16.2 Å². The van der Waals surface area contributed by atoms with E-state index in [0.29, 0.717) is 11.3 Å². The molecule has 2 amide bonds. The van der Waals surface area contributed by atoms with Crippen molar-refractivity contribution in [1.29, 1.82) is 0 Å². The second kappa shape index (κ2) is 9.19. The number of nitrogens with one attached hydrogen (secondary N) is 3. The number of ether oxygens (including phenoxy) is 1. The topological polar surface area (TPSA) is 79.5 Å². The van der Waals surface area contributed by atoms with Crippen molar-refractivity contribution in [3.8, 4) is 5.75 Å². The maximum Gasteiger partial charge on any atom is 0.273 e. The van der Waals surface area contributed by atoms with Crippen molar-refractivity contribution in [3.05, 3.63) is 71.8 Å². The van der Waals surface area contributed by atoms with Crippen molar-refractivity contribution in [2.75, 3.05) is 7.11 Å². The molecular weight excluding hydrogens is 338 g/mol. The first-order chi connectivity index (χ1) is 12.1. The van der Waals surface area contributed by atoms with Crippen LogP contribution in [0.25, 0.3) is 6.08 Å². The highest BCUT2D eigenvalue weighted by molar-refractivity contribution is 7.80. The number of thiocarbonyl (C=S) groups is 1. The summed E-state index contributed by atoms with van der Waals surface area (Å²) in [5.41, 5.74) is 6.11. The third-order valence-electron chi connectivity index (χ3n) is 3.10. The molecule has 128 valence electrons. The average Bonchev–Trinajstić information content (AvgIpc) is 2.65. The van der Waals surface area contributed by atoms with Gasteiger partial charge in [0.1, 0.15) is 5.75 Å². The molecular formula is C18H17N3O3S. The zero-order chi connectivity index (χ0) is 18.1. The molecule has 2 aromatic carbocycles. The van der Waals surface area contributed by atoms with Crippen LogP contribution in [-0.2, 0) is 4.79 Å². The standard InChI is InChI=1S/C18H17N3O3S/c1-24-15-10-6-5-9-14(15)17(23)20-21-18(25)19-16(22)12-11-13-7-3-2-4-8-13/h2-12H,1H3,(H,20,23)(H2,19,21,22,25)/b12-11+. The largest absolute Gasteiger partial charge is 0.496 e. The zero-order valence-electron chi connectivity index (χ0n) is 13.5. The highest BCUT2D eigenvalue weighted by Crippen LogP contribution is 2.16. The first kappa shape index (κ1) is 18.2. The van der Waals surface area contributed by atoms with Gasteiger partial charge in [0.25, 0.3) is 5.91 Å².